The van der Waals surface area contributed by atoms with E-state index >= 15 is 0 Å². The third-order valence-electron chi connectivity index (χ3n) is 11.6. The molecule has 2 fully saturated rings. The fourth-order valence-electron chi connectivity index (χ4n) is 9.13. The summed E-state index contributed by atoms with van der Waals surface area (Å²) in [6.07, 6.45) is 5.94. The van der Waals surface area contributed by atoms with E-state index < -0.39 is 30.2 Å². The second-order valence-corrected chi connectivity index (χ2v) is 14.6. The number of nitrogens with one attached hydrogen (secondary N) is 1. The topological polar surface area (TPSA) is 188 Å². The fraction of sp³-hybridized carbons (Fsp3) is 0.649. The molecule has 1 aromatic rings. The number of amides is 2. The van der Waals surface area contributed by atoms with Crippen molar-refractivity contribution in [2.24, 2.45) is 28.3 Å². The van der Waals surface area contributed by atoms with Gasteiger partial charge in [-0.1, -0.05) is 6.07 Å². The number of methoxy groups -OCH3 is 1. The first-order chi connectivity index (χ1) is 24.4. The number of guanidine groups is 1. The first-order valence-electron chi connectivity index (χ1n) is 18.2. The number of ketones is 1. The Hall–Kier alpha value is -4.33. The van der Waals surface area contributed by atoms with Crippen LogP contribution in [0.15, 0.2) is 29.0 Å². The Morgan fingerprint density at radius 3 is 2.73 bits per heavy atom. The van der Waals surface area contributed by atoms with Crippen LogP contribution in [0.25, 0.3) is 0 Å². The Kier molecular flexibility index (Phi) is 10.8. The molecule has 2 amide bonds. The number of piperidine rings is 2. The van der Waals surface area contributed by atoms with Gasteiger partial charge in [0.15, 0.2) is 35.4 Å². The van der Waals surface area contributed by atoms with Crippen LogP contribution in [0, 0.1) is 11.8 Å². The van der Waals surface area contributed by atoms with Gasteiger partial charge < -0.3 is 45.5 Å². The van der Waals surface area contributed by atoms with Crippen molar-refractivity contribution in [1.82, 2.24) is 15.1 Å². The number of benzene rings is 1. The molecule has 3 aliphatic heterocycles. The van der Waals surface area contributed by atoms with E-state index in [1.165, 1.54) is 25.0 Å². The largest absolute Gasteiger partial charge is 0.493 e. The number of esters is 1. The number of likely N-dealkylation sites (N-methyl/N-ethyl adjacent to an activating group) is 1. The molecule has 51 heavy (non-hydrogen) atoms. The summed E-state index contributed by atoms with van der Waals surface area (Å²) < 4.78 is 23.8. The van der Waals surface area contributed by atoms with E-state index in [0.717, 1.165) is 44.4 Å². The predicted molar refractivity (Wildman–Crippen MR) is 188 cm³/mol. The zero-order valence-corrected chi connectivity index (χ0v) is 30.2. The summed E-state index contributed by atoms with van der Waals surface area (Å²) in [6, 6.07) is 4.22. The second-order valence-electron chi connectivity index (χ2n) is 14.6. The van der Waals surface area contributed by atoms with E-state index in [-0.39, 0.29) is 42.1 Å². The normalized spacial score (nSPS) is 27.1. The average molecular weight is 709 g/mol. The summed E-state index contributed by atoms with van der Waals surface area (Å²) in [5, 5.41) is 3.00. The number of ether oxygens (including phenoxy) is 4. The average Bonchev–Trinajstić information content (AvgIpc) is 3.46. The number of hydrogen-bond donors (Lipinski definition) is 3. The Bertz CT molecular complexity index is 1590. The Morgan fingerprint density at radius 2 is 1.98 bits per heavy atom. The van der Waals surface area contributed by atoms with Crippen molar-refractivity contribution >= 4 is 29.7 Å². The van der Waals surface area contributed by atoms with Crippen molar-refractivity contribution in [3.63, 3.8) is 0 Å². The molecule has 5 aliphatic rings. The first kappa shape index (κ1) is 36.5. The molecule has 2 saturated heterocycles. The molecule has 0 radical (unpaired) electrons. The molecular formula is C37H52N6O8. The monoisotopic (exact) mass is 708 g/mol. The first-order valence-corrected chi connectivity index (χ1v) is 18.2. The molecule has 0 aromatic heterocycles. The van der Waals surface area contributed by atoms with Crippen LogP contribution in [-0.2, 0) is 35.7 Å². The zero-order valence-electron chi connectivity index (χ0n) is 30.2. The van der Waals surface area contributed by atoms with Crippen molar-refractivity contribution in [2.45, 2.75) is 101 Å². The van der Waals surface area contributed by atoms with E-state index in [1.807, 2.05) is 12.1 Å². The maximum absolute atomic E-state index is 14.0. The molecule has 5 N–H and O–H groups in total. The van der Waals surface area contributed by atoms with Crippen molar-refractivity contribution in [2.75, 3.05) is 40.3 Å². The number of Topliss-reactive ketones (excluding diaryl/α,β-unsaturated/α-hetero) is 1. The lowest BCUT2D eigenvalue weighted by Gasteiger charge is -2.56. The summed E-state index contributed by atoms with van der Waals surface area (Å²) in [5.74, 6) is 0.355. The molecule has 1 aromatic carbocycles. The maximum atomic E-state index is 14.0. The molecule has 278 valence electrons. The zero-order chi connectivity index (χ0) is 36.4. The number of carbonyl (C=O) groups is 4. The van der Waals surface area contributed by atoms with Crippen molar-refractivity contribution < 1.29 is 38.1 Å². The smallest absolute Gasteiger partial charge is 0.415 e. The van der Waals surface area contributed by atoms with E-state index in [4.69, 9.17) is 30.4 Å². The van der Waals surface area contributed by atoms with Crippen LogP contribution in [0.2, 0.25) is 0 Å². The van der Waals surface area contributed by atoms with Gasteiger partial charge in [-0.3, -0.25) is 19.4 Å². The van der Waals surface area contributed by atoms with Crippen LogP contribution in [0.3, 0.4) is 0 Å². The number of carbonyl (C=O) groups excluding carboxylic acids is 4. The molecule has 1 spiro atoms. The number of allylic oxidation sites excluding steroid dienone is 1. The maximum Gasteiger partial charge on any atom is 0.415 e. The summed E-state index contributed by atoms with van der Waals surface area (Å²) >= 11 is 0. The lowest BCUT2D eigenvalue weighted by atomic mass is 9.53. The molecule has 6 rings (SSSR count). The highest BCUT2D eigenvalue weighted by atomic mass is 16.6. The highest BCUT2D eigenvalue weighted by molar-refractivity contribution is 5.90. The van der Waals surface area contributed by atoms with Gasteiger partial charge in [-0.05, 0) is 95.5 Å². The molecule has 2 bridgehead atoms. The van der Waals surface area contributed by atoms with E-state index in [2.05, 4.69) is 28.3 Å². The van der Waals surface area contributed by atoms with Crippen LogP contribution >= 0.6 is 0 Å². The molecule has 3 heterocycles. The van der Waals surface area contributed by atoms with Crippen molar-refractivity contribution in [1.29, 1.82) is 0 Å². The number of nitrogens with zero attached hydrogens (tertiary/aromatic N) is 3. The molecule has 7 atom stereocenters. The minimum Gasteiger partial charge on any atom is -0.493 e. The van der Waals surface area contributed by atoms with Gasteiger partial charge in [0, 0.05) is 55.9 Å². The lowest BCUT2D eigenvalue weighted by molar-refractivity contribution is -0.152. The Labute approximate surface area is 299 Å². The Balaban J connectivity index is 1.14. The quantitative estimate of drug-likeness (QED) is 0.118. The minimum atomic E-state index is -0.971. The van der Waals surface area contributed by atoms with Crippen LogP contribution in [0.1, 0.15) is 76.3 Å². The number of likely N-dealkylation sites (tertiary alicyclic amines) is 2. The summed E-state index contributed by atoms with van der Waals surface area (Å²) in [5.41, 5.74) is 13.1. The number of hydrogen-bond acceptors (Lipinski definition) is 10. The van der Waals surface area contributed by atoms with Gasteiger partial charge in [-0.2, -0.15) is 0 Å². The molecule has 14 heteroatoms. The third-order valence-corrected chi connectivity index (χ3v) is 11.6. The van der Waals surface area contributed by atoms with Gasteiger partial charge in [0.1, 0.15) is 5.76 Å². The van der Waals surface area contributed by atoms with Gasteiger partial charge >= 0.3 is 12.1 Å². The molecule has 0 saturated carbocycles. The predicted octanol–water partition coefficient (Wildman–Crippen LogP) is 2.55. The highest BCUT2D eigenvalue weighted by Crippen LogP contribution is 2.63. The number of rotatable bonds is 13. The van der Waals surface area contributed by atoms with E-state index in [0.29, 0.717) is 55.8 Å². The van der Waals surface area contributed by atoms with Crippen molar-refractivity contribution in [3.05, 3.63) is 35.1 Å². The van der Waals surface area contributed by atoms with E-state index in [9.17, 15) is 19.2 Å². The second kappa shape index (κ2) is 15.1. The van der Waals surface area contributed by atoms with Gasteiger partial charge in [-0.25, -0.2) is 4.79 Å². The van der Waals surface area contributed by atoms with E-state index in [1.54, 1.807) is 12.0 Å². The number of aliphatic imine (C=N–C) groups is 1. The van der Waals surface area contributed by atoms with Crippen molar-refractivity contribution in [3.8, 4) is 11.5 Å². The summed E-state index contributed by atoms with van der Waals surface area (Å²) in [6.45, 7) is 4.67. The molecule has 1 unspecified atom stereocenters. The Morgan fingerprint density at radius 1 is 1.18 bits per heavy atom. The van der Waals surface area contributed by atoms with Gasteiger partial charge in [-0.15, -0.1) is 0 Å². The standard InChI is InChI=1S/C37H52N6O8/c1-21(49-22(2)44)28(45)19-24(8-7-15-40-35(38)39)34(46)41-20-25-9-5-6-16-43(25)36(47)50-30-13-11-26-27-18-23-10-12-29(48-4)32-31(23)37(26,33(30)51-32)14-17-42(27)3/h10,12-13,21,24-27,33H,5-9,11,14-20H2,1-4H3,(H,41,46)(H4,38,39,40)/t21-,24-,25-,26?,27-,33-,37+/m1/s1. The number of nitrogens with two attached hydrogens (primary N) is 2. The van der Waals surface area contributed by atoms with Gasteiger partial charge in [0.2, 0.25) is 5.91 Å². The fourth-order valence-corrected chi connectivity index (χ4v) is 9.13. The highest BCUT2D eigenvalue weighted by Gasteiger charge is 2.65. The van der Waals surface area contributed by atoms with Crippen LogP contribution in [0.4, 0.5) is 4.79 Å². The lowest BCUT2D eigenvalue weighted by Crippen LogP contribution is -2.63. The molecule has 2 aliphatic carbocycles. The van der Waals surface area contributed by atoms with Crippen LogP contribution in [0.5, 0.6) is 11.5 Å². The summed E-state index contributed by atoms with van der Waals surface area (Å²) in [7, 11) is 3.85. The van der Waals surface area contributed by atoms with Crippen LogP contribution in [-0.4, -0.2) is 104 Å². The SMILES string of the molecule is COc1ccc2c3c1O[C@@H]1C(OC(=O)N4CCCC[C@@H]4CNC(=O)[C@H](CCCN=C(N)N)CC(=O)[C@@H](C)OC(C)=O)=CCC4[C@@H](C2)N(C)CC[C@@]341. The van der Waals surface area contributed by atoms with Gasteiger partial charge in [0.25, 0.3) is 0 Å². The molecule has 14 nitrogen and oxygen atoms in total. The molecular weight excluding hydrogens is 656 g/mol. The summed E-state index contributed by atoms with van der Waals surface area (Å²) in [4.78, 5) is 60.0. The minimum absolute atomic E-state index is 0.0499. The van der Waals surface area contributed by atoms with Crippen LogP contribution < -0.4 is 26.3 Å². The third kappa shape index (κ3) is 7.11. The van der Waals surface area contributed by atoms with Gasteiger partial charge in [0.05, 0.1) is 13.2 Å².